The molecule has 0 saturated carbocycles. The van der Waals surface area contributed by atoms with Gasteiger partial charge in [-0.25, -0.2) is 13.4 Å². The number of hydrogen-bond donors (Lipinski definition) is 1. The molecule has 35 heavy (non-hydrogen) atoms. The standard InChI is InChI=1S/C24H25Cl2N3O4S2/c1-16-6-7-18(14-20(16)26)35(31,32)29-11-8-17(9-12-29)24-28-21(15-34-24)23(30)27-10-13-33-22-5-3-2-4-19(22)25/h2-7,14-15,17H,8-13H2,1H3,(H,27,30). The Kier molecular flexibility index (Phi) is 8.34. The van der Waals surface area contributed by atoms with Gasteiger partial charge in [0.05, 0.1) is 21.5 Å². The largest absolute Gasteiger partial charge is 0.490 e. The molecule has 2 aromatic carbocycles. The second-order valence-electron chi connectivity index (χ2n) is 8.20. The lowest BCUT2D eigenvalue weighted by atomic mass is 9.99. The van der Waals surface area contributed by atoms with Crippen molar-refractivity contribution in [1.82, 2.24) is 14.6 Å². The van der Waals surface area contributed by atoms with Gasteiger partial charge >= 0.3 is 0 Å². The highest BCUT2D eigenvalue weighted by molar-refractivity contribution is 7.89. The molecule has 186 valence electrons. The summed E-state index contributed by atoms with van der Waals surface area (Å²) in [6, 6.07) is 12.0. The fraction of sp³-hybridized carbons (Fsp3) is 0.333. The predicted molar refractivity (Wildman–Crippen MR) is 138 cm³/mol. The second kappa shape index (κ2) is 11.3. The summed E-state index contributed by atoms with van der Waals surface area (Å²) >= 11 is 13.6. The van der Waals surface area contributed by atoms with Gasteiger partial charge in [-0.2, -0.15) is 4.31 Å². The summed E-state index contributed by atoms with van der Waals surface area (Å²) in [5, 5.41) is 6.33. The average molecular weight is 555 g/mol. The maximum absolute atomic E-state index is 13.0. The van der Waals surface area contributed by atoms with Crippen LogP contribution in [0, 0.1) is 6.92 Å². The molecular weight excluding hydrogens is 529 g/mol. The highest BCUT2D eigenvalue weighted by atomic mass is 35.5. The molecule has 1 saturated heterocycles. The van der Waals surface area contributed by atoms with Crippen molar-refractivity contribution in [1.29, 1.82) is 0 Å². The molecule has 0 bridgehead atoms. The Balaban J connectivity index is 1.28. The van der Waals surface area contributed by atoms with E-state index in [9.17, 15) is 13.2 Å². The van der Waals surface area contributed by atoms with Crippen molar-refractivity contribution in [3.63, 3.8) is 0 Å². The molecule has 1 aliphatic rings. The molecule has 2 heterocycles. The molecule has 1 fully saturated rings. The van der Waals surface area contributed by atoms with E-state index < -0.39 is 10.0 Å². The number of hydrogen-bond acceptors (Lipinski definition) is 6. The minimum atomic E-state index is -3.60. The monoisotopic (exact) mass is 553 g/mol. The molecule has 11 heteroatoms. The van der Waals surface area contributed by atoms with Crippen LogP contribution in [-0.2, 0) is 10.0 Å². The van der Waals surface area contributed by atoms with Gasteiger partial charge in [-0.1, -0.05) is 41.4 Å². The summed E-state index contributed by atoms with van der Waals surface area (Å²) in [7, 11) is -3.60. The molecule has 3 aromatic rings. The van der Waals surface area contributed by atoms with Crippen molar-refractivity contribution in [3.8, 4) is 5.75 Å². The number of nitrogens with one attached hydrogen (secondary N) is 1. The third-order valence-electron chi connectivity index (χ3n) is 5.82. The number of para-hydroxylation sites is 1. The van der Waals surface area contributed by atoms with Crippen molar-refractivity contribution in [2.24, 2.45) is 0 Å². The smallest absolute Gasteiger partial charge is 0.270 e. The first-order chi connectivity index (χ1) is 16.8. The van der Waals surface area contributed by atoms with Gasteiger partial charge in [-0.3, -0.25) is 4.79 Å². The molecule has 1 aromatic heterocycles. The van der Waals surface area contributed by atoms with Gasteiger partial charge in [-0.05, 0) is 49.6 Å². The molecule has 1 aliphatic heterocycles. The van der Waals surface area contributed by atoms with Gasteiger partial charge in [0.2, 0.25) is 10.0 Å². The number of aryl methyl sites for hydroxylation is 1. The number of ether oxygens (including phenoxy) is 1. The van der Waals surface area contributed by atoms with Crippen LogP contribution < -0.4 is 10.1 Å². The summed E-state index contributed by atoms with van der Waals surface area (Å²) in [4.78, 5) is 17.2. The minimum Gasteiger partial charge on any atom is -0.490 e. The van der Waals surface area contributed by atoms with E-state index in [1.54, 1.807) is 29.6 Å². The quantitative estimate of drug-likeness (QED) is 0.390. The third-order valence-corrected chi connectivity index (χ3v) is 9.44. The van der Waals surface area contributed by atoms with Crippen LogP contribution in [0.4, 0.5) is 0 Å². The summed E-state index contributed by atoms with van der Waals surface area (Å²) in [5.74, 6) is 0.405. The Morgan fingerprint density at radius 1 is 1.17 bits per heavy atom. The van der Waals surface area contributed by atoms with Gasteiger partial charge in [0.15, 0.2) is 0 Å². The number of thiazole rings is 1. The van der Waals surface area contributed by atoms with Crippen LogP contribution in [0.5, 0.6) is 5.75 Å². The lowest BCUT2D eigenvalue weighted by Crippen LogP contribution is -2.37. The molecule has 7 nitrogen and oxygen atoms in total. The highest BCUT2D eigenvalue weighted by Crippen LogP contribution is 2.33. The van der Waals surface area contributed by atoms with Crippen molar-refractivity contribution in [2.75, 3.05) is 26.2 Å². The van der Waals surface area contributed by atoms with E-state index >= 15 is 0 Å². The highest BCUT2D eigenvalue weighted by Gasteiger charge is 2.31. The normalized spacial score (nSPS) is 15.2. The SMILES string of the molecule is Cc1ccc(S(=O)(=O)N2CCC(c3nc(C(=O)NCCOc4ccccc4Cl)cs3)CC2)cc1Cl. The van der Waals surface area contributed by atoms with Crippen LogP contribution >= 0.6 is 34.5 Å². The van der Waals surface area contributed by atoms with Crippen molar-refractivity contribution < 1.29 is 17.9 Å². The average Bonchev–Trinajstić information content (AvgIpc) is 3.35. The second-order valence-corrected chi connectivity index (χ2v) is 11.8. The zero-order valence-electron chi connectivity index (χ0n) is 19.0. The number of rotatable bonds is 8. The van der Waals surface area contributed by atoms with Gasteiger partial charge in [-0.15, -0.1) is 11.3 Å². The Bertz CT molecular complexity index is 1310. The van der Waals surface area contributed by atoms with E-state index in [-0.39, 0.29) is 23.3 Å². The molecule has 0 atom stereocenters. The number of halogens is 2. The first kappa shape index (κ1) is 25.9. The minimum absolute atomic E-state index is 0.109. The Hall–Kier alpha value is -2.17. The van der Waals surface area contributed by atoms with E-state index in [1.165, 1.54) is 21.7 Å². The zero-order valence-corrected chi connectivity index (χ0v) is 22.2. The number of nitrogens with zero attached hydrogens (tertiary/aromatic N) is 2. The number of benzene rings is 2. The number of aromatic nitrogens is 1. The molecular formula is C24H25Cl2N3O4S2. The van der Waals surface area contributed by atoms with Crippen LogP contribution in [0.3, 0.4) is 0 Å². The van der Waals surface area contributed by atoms with E-state index in [0.717, 1.165) is 10.6 Å². The lowest BCUT2D eigenvalue weighted by Gasteiger charge is -2.30. The maximum atomic E-state index is 13.0. The summed E-state index contributed by atoms with van der Waals surface area (Å²) in [6.45, 7) is 3.21. The van der Waals surface area contributed by atoms with E-state index in [2.05, 4.69) is 10.3 Å². The molecule has 4 rings (SSSR count). The van der Waals surface area contributed by atoms with E-state index in [4.69, 9.17) is 27.9 Å². The van der Waals surface area contributed by atoms with E-state index in [0.29, 0.717) is 54.0 Å². The predicted octanol–water partition coefficient (Wildman–Crippen LogP) is 5.14. The molecule has 1 N–H and O–H groups in total. The van der Waals surface area contributed by atoms with Gasteiger partial charge in [0.25, 0.3) is 5.91 Å². The number of sulfonamides is 1. The molecule has 0 radical (unpaired) electrons. The summed E-state index contributed by atoms with van der Waals surface area (Å²) in [6.07, 6.45) is 1.28. The summed E-state index contributed by atoms with van der Waals surface area (Å²) in [5.41, 5.74) is 1.19. The Morgan fingerprint density at radius 2 is 1.91 bits per heavy atom. The zero-order chi connectivity index (χ0) is 25.0. The summed E-state index contributed by atoms with van der Waals surface area (Å²) < 4.78 is 33.1. The van der Waals surface area contributed by atoms with Crippen molar-refractivity contribution in [3.05, 3.63) is 74.2 Å². The Morgan fingerprint density at radius 3 is 2.63 bits per heavy atom. The fourth-order valence-electron chi connectivity index (χ4n) is 3.78. The molecule has 0 unspecified atom stereocenters. The number of amides is 1. The van der Waals surface area contributed by atoms with Crippen molar-refractivity contribution >= 4 is 50.5 Å². The van der Waals surface area contributed by atoms with Crippen LogP contribution in [0.2, 0.25) is 10.0 Å². The van der Waals surface area contributed by atoms with Crippen LogP contribution in [0.15, 0.2) is 52.7 Å². The maximum Gasteiger partial charge on any atom is 0.270 e. The number of piperidine rings is 1. The van der Waals surface area contributed by atoms with Crippen LogP contribution in [0.25, 0.3) is 0 Å². The number of carbonyl (C=O) groups is 1. The third kappa shape index (κ3) is 6.16. The van der Waals surface area contributed by atoms with Gasteiger partial charge in [0.1, 0.15) is 18.1 Å². The molecule has 0 aliphatic carbocycles. The van der Waals surface area contributed by atoms with Crippen LogP contribution in [0.1, 0.15) is 39.8 Å². The molecule has 0 spiro atoms. The van der Waals surface area contributed by atoms with E-state index in [1.807, 2.05) is 19.1 Å². The van der Waals surface area contributed by atoms with Gasteiger partial charge < -0.3 is 10.1 Å². The Labute approximate surface area is 219 Å². The van der Waals surface area contributed by atoms with Crippen LogP contribution in [-0.4, -0.2) is 49.9 Å². The fourth-order valence-corrected chi connectivity index (χ4v) is 6.69. The van der Waals surface area contributed by atoms with Crippen molar-refractivity contribution in [2.45, 2.75) is 30.6 Å². The first-order valence-electron chi connectivity index (χ1n) is 11.1. The topological polar surface area (TPSA) is 88.6 Å². The number of carbonyl (C=O) groups excluding carboxylic acids is 1. The first-order valence-corrected chi connectivity index (χ1v) is 14.2. The lowest BCUT2D eigenvalue weighted by molar-refractivity contribution is 0.0942. The van der Waals surface area contributed by atoms with Gasteiger partial charge in [0, 0.05) is 29.4 Å². The molecule has 1 amide bonds.